The van der Waals surface area contributed by atoms with Crippen LogP contribution >= 0.6 is 11.8 Å². The van der Waals surface area contributed by atoms with Crippen molar-refractivity contribution in [2.45, 2.75) is 18.3 Å². The van der Waals surface area contributed by atoms with Gasteiger partial charge in [0.05, 0.1) is 6.61 Å². The van der Waals surface area contributed by atoms with Crippen LogP contribution < -0.4 is 5.43 Å². The normalized spacial score (nSPS) is 11.7. The fraction of sp³-hybridized carbons (Fsp3) is 0.400. The lowest BCUT2D eigenvalue weighted by Crippen LogP contribution is -2.13. The molecule has 0 spiro atoms. The van der Waals surface area contributed by atoms with Crippen LogP contribution in [0.1, 0.15) is 17.3 Å². The van der Waals surface area contributed by atoms with Gasteiger partial charge >= 0.3 is 12.1 Å². The Morgan fingerprint density at radius 1 is 1.60 bits per heavy atom. The molecule has 6 nitrogen and oxygen atoms in total. The minimum absolute atomic E-state index is 0.0935. The number of hydrazone groups is 1. The maximum absolute atomic E-state index is 12.0. The number of esters is 1. The smallest absolute Gasteiger partial charge is 0.428 e. The number of halogens is 3. The third-order valence-corrected chi connectivity index (χ3v) is 2.39. The van der Waals surface area contributed by atoms with Crippen molar-refractivity contribution in [1.82, 2.24) is 9.97 Å². The summed E-state index contributed by atoms with van der Waals surface area (Å²) in [6.45, 7) is 1.72. The molecule has 0 amide bonds. The maximum atomic E-state index is 12.0. The highest BCUT2D eigenvalue weighted by Gasteiger charge is 2.24. The summed E-state index contributed by atoms with van der Waals surface area (Å²) in [5.41, 5.74) is 1.97. The number of ether oxygens (including phenoxy) is 1. The first kappa shape index (κ1) is 16.2. The summed E-state index contributed by atoms with van der Waals surface area (Å²) in [4.78, 5) is 19.3. The van der Waals surface area contributed by atoms with E-state index < -0.39 is 12.1 Å². The van der Waals surface area contributed by atoms with Crippen molar-refractivity contribution in [3.63, 3.8) is 0 Å². The third kappa shape index (κ3) is 5.03. The molecule has 1 rings (SSSR count). The summed E-state index contributed by atoms with van der Waals surface area (Å²) in [6, 6.07) is 0. The number of thioether (sulfide) groups is 1. The number of alkyl halides is 3. The number of anilines is 1. The van der Waals surface area contributed by atoms with Gasteiger partial charge in [0.1, 0.15) is 11.8 Å². The Labute approximate surface area is 116 Å². The quantitative estimate of drug-likeness (QED) is 0.296. The Bertz CT molecular complexity index is 508. The van der Waals surface area contributed by atoms with Crippen molar-refractivity contribution in [3.05, 3.63) is 11.8 Å². The Kier molecular flexibility index (Phi) is 5.74. The Morgan fingerprint density at radius 3 is 2.85 bits per heavy atom. The van der Waals surface area contributed by atoms with E-state index in [0.717, 1.165) is 0 Å². The second-order valence-electron chi connectivity index (χ2n) is 3.25. The van der Waals surface area contributed by atoms with Crippen molar-refractivity contribution < 1.29 is 22.7 Å². The van der Waals surface area contributed by atoms with E-state index >= 15 is 0 Å². The molecule has 0 atom stereocenters. The highest BCUT2D eigenvalue weighted by molar-refractivity contribution is 7.98. The molecule has 1 heterocycles. The monoisotopic (exact) mass is 308 g/mol. The minimum Gasteiger partial charge on any atom is -0.462 e. The molecule has 0 unspecified atom stereocenters. The molecule has 110 valence electrons. The number of nitrogens with zero attached hydrogens (tertiary/aromatic N) is 3. The highest BCUT2D eigenvalue weighted by atomic mass is 32.2. The molecule has 1 N–H and O–H groups in total. The van der Waals surface area contributed by atoms with Crippen LogP contribution in [0.25, 0.3) is 0 Å². The third-order valence-electron chi connectivity index (χ3n) is 1.83. The zero-order valence-electron chi connectivity index (χ0n) is 10.6. The van der Waals surface area contributed by atoms with Crippen LogP contribution in [0.5, 0.6) is 0 Å². The number of hydrogen-bond acceptors (Lipinski definition) is 7. The van der Waals surface area contributed by atoms with Gasteiger partial charge in [-0.15, -0.1) is 0 Å². The van der Waals surface area contributed by atoms with Crippen LogP contribution in [-0.4, -0.2) is 41.2 Å². The molecule has 0 aliphatic heterocycles. The standard InChI is InChI=1S/C10H11F3N4O2S/c1-3-19-8(18)6-4-14-9(20-2)16-7(6)17-15-5-10(11,12)13/h4-5H,3H2,1-2H3,(H,14,16,17)/b15-5+. The Morgan fingerprint density at radius 2 is 2.30 bits per heavy atom. The van der Waals surface area contributed by atoms with E-state index in [1.807, 2.05) is 0 Å². The average molecular weight is 308 g/mol. The maximum Gasteiger partial charge on any atom is 0.428 e. The van der Waals surface area contributed by atoms with Crippen molar-refractivity contribution in [1.29, 1.82) is 0 Å². The molecule has 0 saturated heterocycles. The van der Waals surface area contributed by atoms with E-state index in [0.29, 0.717) is 0 Å². The predicted octanol–water partition coefficient (Wildman–Crippen LogP) is 2.34. The van der Waals surface area contributed by atoms with E-state index in [1.165, 1.54) is 18.0 Å². The average Bonchev–Trinajstić information content (AvgIpc) is 2.37. The topological polar surface area (TPSA) is 76.5 Å². The molecule has 0 radical (unpaired) electrons. The molecule has 0 aromatic carbocycles. The van der Waals surface area contributed by atoms with E-state index in [9.17, 15) is 18.0 Å². The molecular formula is C10H11F3N4O2S. The molecule has 0 fully saturated rings. The van der Waals surface area contributed by atoms with Gasteiger partial charge in [-0.2, -0.15) is 18.3 Å². The van der Waals surface area contributed by atoms with Gasteiger partial charge < -0.3 is 4.74 Å². The number of aromatic nitrogens is 2. The Hall–Kier alpha value is -1.84. The van der Waals surface area contributed by atoms with E-state index in [-0.39, 0.29) is 29.4 Å². The van der Waals surface area contributed by atoms with Crippen LogP contribution in [0.15, 0.2) is 16.5 Å². The van der Waals surface area contributed by atoms with E-state index in [1.54, 1.807) is 13.2 Å². The zero-order chi connectivity index (χ0) is 15.2. The molecule has 0 saturated carbocycles. The van der Waals surface area contributed by atoms with Gasteiger partial charge in [-0.3, -0.25) is 5.43 Å². The van der Waals surface area contributed by atoms with Gasteiger partial charge in [0.15, 0.2) is 11.0 Å². The van der Waals surface area contributed by atoms with Crippen LogP contribution in [-0.2, 0) is 4.74 Å². The fourth-order valence-corrected chi connectivity index (χ4v) is 1.41. The summed E-state index contributed by atoms with van der Waals surface area (Å²) >= 11 is 1.17. The molecule has 10 heteroatoms. The zero-order valence-corrected chi connectivity index (χ0v) is 11.4. The number of nitrogens with one attached hydrogen (secondary N) is 1. The first-order chi connectivity index (χ1) is 9.37. The first-order valence-corrected chi connectivity index (χ1v) is 6.55. The minimum atomic E-state index is -4.56. The fourth-order valence-electron chi connectivity index (χ4n) is 1.07. The molecule has 0 bridgehead atoms. The lowest BCUT2D eigenvalue weighted by molar-refractivity contribution is -0.0536. The molecule has 20 heavy (non-hydrogen) atoms. The van der Waals surface area contributed by atoms with Gasteiger partial charge in [0.25, 0.3) is 0 Å². The second-order valence-corrected chi connectivity index (χ2v) is 4.02. The van der Waals surface area contributed by atoms with Gasteiger partial charge in [-0.05, 0) is 13.2 Å². The largest absolute Gasteiger partial charge is 0.462 e. The first-order valence-electron chi connectivity index (χ1n) is 5.32. The van der Waals surface area contributed by atoms with Gasteiger partial charge in [0, 0.05) is 6.20 Å². The summed E-state index contributed by atoms with van der Waals surface area (Å²) in [7, 11) is 0. The van der Waals surface area contributed by atoms with Crippen LogP contribution in [0.4, 0.5) is 19.0 Å². The van der Waals surface area contributed by atoms with E-state index in [4.69, 9.17) is 4.74 Å². The molecular weight excluding hydrogens is 297 g/mol. The Balaban J connectivity index is 3.00. The number of hydrogen-bond donors (Lipinski definition) is 1. The van der Waals surface area contributed by atoms with Crippen LogP contribution in [0.2, 0.25) is 0 Å². The highest BCUT2D eigenvalue weighted by Crippen LogP contribution is 2.18. The summed E-state index contributed by atoms with van der Waals surface area (Å²) < 4.78 is 40.6. The summed E-state index contributed by atoms with van der Waals surface area (Å²) in [5.74, 6) is -0.895. The van der Waals surface area contributed by atoms with Crippen LogP contribution in [0, 0.1) is 0 Å². The predicted molar refractivity (Wildman–Crippen MR) is 67.9 cm³/mol. The number of rotatable bonds is 5. The van der Waals surface area contributed by atoms with Crippen molar-refractivity contribution in [2.24, 2.45) is 5.10 Å². The van der Waals surface area contributed by atoms with Crippen molar-refractivity contribution >= 4 is 29.8 Å². The number of carbonyl (C=O) groups excluding carboxylic acids is 1. The summed E-state index contributed by atoms with van der Waals surface area (Å²) in [6.07, 6.45) is -1.96. The second kappa shape index (κ2) is 7.08. The summed E-state index contributed by atoms with van der Waals surface area (Å²) in [5, 5.41) is 3.26. The van der Waals surface area contributed by atoms with Gasteiger partial charge in [-0.1, -0.05) is 11.8 Å². The van der Waals surface area contributed by atoms with Crippen LogP contribution in [0.3, 0.4) is 0 Å². The number of carbonyl (C=O) groups is 1. The van der Waals surface area contributed by atoms with Gasteiger partial charge in [0.2, 0.25) is 0 Å². The molecule has 0 aliphatic carbocycles. The van der Waals surface area contributed by atoms with Crippen molar-refractivity contribution in [3.8, 4) is 0 Å². The molecule has 0 aliphatic rings. The molecule has 1 aromatic rings. The van der Waals surface area contributed by atoms with Gasteiger partial charge in [-0.25, -0.2) is 14.8 Å². The van der Waals surface area contributed by atoms with E-state index in [2.05, 4.69) is 20.5 Å². The SMILES string of the molecule is CCOC(=O)c1cnc(SC)nc1N/N=C/C(F)(F)F. The molecule has 1 aromatic heterocycles. The van der Waals surface area contributed by atoms with Crippen molar-refractivity contribution in [2.75, 3.05) is 18.3 Å². The lowest BCUT2D eigenvalue weighted by atomic mass is 10.3. The lowest BCUT2D eigenvalue weighted by Gasteiger charge is -2.08.